The highest BCUT2D eigenvalue weighted by molar-refractivity contribution is 4.59. The summed E-state index contributed by atoms with van der Waals surface area (Å²) in [7, 11) is 1.65. The Balaban J connectivity index is 3.27. The molecule has 74 valence electrons. The van der Waals surface area contributed by atoms with Crippen LogP contribution in [0.4, 0.5) is 0 Å². The Morgan fingerprint density at radius 2 is 2.00 bits per heavy atom. The zero-order valence-electron chi connectivity index (χ0n) is 8.38. The van der Waals surface area contributed by atoms with Crippen LogP contribution in [0.15, 0.2) is 0 Å². The first kappa shape index (κ1) is 11.9. The molecule has 0 saturated heterocycles. The van der Waals surface area contributed by atoms with Gasteiger partial charge in [-0.2, -0.15) is 0 Å². The minimum Gasteiger partial charge on any atom is -0.383 e. The fourth-order valence-corrected chi connectivity index (χ4v) is 1.04. The quantitative estimate of drug-likeness (QED) is 0.631. The zero-order valence-corrected chi connectivity index (χ0v) is 8.38. The van der Waals surface area contributed by atoms with Gasteiger partial charge in [-0.05, 0) is 13.3 Å². The van der Waals surface area contributed by atoms with Crippen molar-refractivity contribution in [1.82, 2.24) is 0 Å². The number of rotatable bonds is 7. The molecule has 0 aromatic carbocycles. The van der Waals surface area contributed by atoms with Gasteiger partial charge in [0.25, 0.3) is 0 Å². The minimum absolute atomic E-state index is 0.00862. The van der Waals surface area contributed by atoms with Gasteiger partial charge in [-0.15, -0.1) is 0 Å². The molecule has 0 spiro atoms. The predicted octanol–water partition coefficient (Wildman–Crippen LogP) is 1.17. The van der Waals surface area contributed by atoms with Crippen molar-refractivity contribution < 1.29 is 9.47 Å². The molecule has 0 heterocycles. The molecule has 2 atom stereocenters. The van der Waals surface area contributed by atoms with Crippen LogP contribution in [0.3, 0.4) is 0 Å². The molecular formula is C9H21NO2. The Morgan fingerprint density at radius 3 is 2.50 bits per heavy atom. The molecule has 0 rings (SSSR count). The van der Waals surface area contributed by atoms with Crippen LogP contribution in [0.5, 0.6) is 0 Å². The SMILES string of the molecule is CCCC(C)OCC(N)COC. The van der Waals surface area contributed by atoms with E-state index in [9.17, 15) is 0 Å². The Hall–Kier alpha value is -0.120. The highest BCUT2D eigenvalue weighted by Crippen LogP contribution is 2.00. The van der Waals surface area contributed by atoms with E-state index in [-0.39, 0.29) is 6.04 Å². The maximum Gasteiger partial charge on any atom is 0.0643 e. The molecule has 2 unspecified atom stereocenters. The lowest BCUT2D eigenvalue weighted by atomic mass is 10.2. The standard InChI is InChI=1S/C9H21NO2/c1-4-5-8(2)12-7-9(10)6-11-3/h8-9H,4-7,10H2,1-3H3. The van der Waals surface area contributed by atoms with E-state index in [4.69, 9.17) is 15.2 Å². The van der Waals surface area contributed by atoms with E-state index in [1.807, 2.05) is 0 Å². The van der Waals surface area contributed by atoms with Crippen molar-refractivity contribution in [2.24, 2.45) is 5.73 Å². The maximum absolute atomic E-state index is 5.68. The average molecular weight is 175 g/mol. The number of nitrogens with two attached hydrogens (primary N) is 1. The molecule has 0 bridgehead atoms. The molecule has 0 radical (unpaired) electrons. The first-order valence-corrected chi connectivity index (χ1v) is 4.56. The third-order valence-corrected chi connectivity index (χ3v) is 1.67. The lowest BCUT2D eigenvalue weighted by Gasteiger charge is -2.15. The summed E-state index contributed by atoms with van der Waals surface area (Å²) in [5.74, 6) is 0. The van der Waals surface area contributed by atoms with Gasteiger partial charge in [0.05, 0.1) is 25.4 Å². The second-order valence-electron chi connectivity index (χ2n) is 3.15. The lowest BCUT2D eigenvalue weighted by Crippen LogP contribution is -2.32. The largest absolute Gasteiger partial charge is 0.383 e. The summed E-state index contributed by atoms with van der Waals surface area (Å²) in [6.07, 6.45) is 2.57. The summed E-state index contributed by atoms with van der Waals surface area (Å²) in [4.78, 5) is 0. The molecule has 3 nitrogen and oxygen atoms in total. The second-order valence-corrected chi connectivity index (χ2v) is 3.15. The average Bonchev–Trinajstić information content (AvgIpc) is 2.02. The van der Waals surface area contributed by atoms with Gasteiger partial charge < -0.3 is 15.2 Å². The van der Waals surface area contributed by atoms with Gasteiger partial charge in [0.15, 0.2) is 0 Å². The van der Waals surface area contributed by atoms with E-state index in [0.717, 1.165) is 12.8 Å². The van der Waals surface area contributed by atoms with Crippen molar-refractivity contribution in [2.45, 2.75) is 38.8 Å². The topological polar surface area (TPSA) is 44.5 Å². The third-order valence-electron chi connectivity index (χ3n) is 1.67. The van der Waals surface area contributed by atoms with E-state index in [1.165, 1.54) is 0 Å². The molecule has 0 fully saturated rings. The van der Waals surface area contributed by atoms with Gasteiger partial charge in [0, 0.05) is 7.11 Å². The van der Waals surface area contributed by atoms with Crippen molar-refractivity contribution >= 4 is 0 Å². The Kier molecular flexibility index (Phi) is 7.45. The van der Waals surface area contributed by atoms with Gasteiger partial charge in [-0.3, -0.25) is 0 Å². The molecule has 0 aromatic heterocycles. The molecule has 0 aromatic rings. The van der Waals surface area contributed by atoms with Crippen LogP contribution in [0.25, 0.3) is 0 Å². The van der Waals surface area contributed by atoms with E-state index in [0.29, 0.717) is 19.3 Å². The van der Waals surface area contributed by atoms with E-state index in [1.54, 1.807) is 7.11 Å². The van der Waals surface area contributed by atoms with Crippen LogP contribution < -0.4 is 5.73 Å². The highest BCUT2D eigenvalue weighted by Gasteiger charge is 2.05. The van der Waals surface area contributed by atoms with Gasteiger partial charge in [-0.25, -0.2) is 0 Å². The van der Waals surface area contributed by atoms with Crippen LogP contribution in [0, 0.1) is 0 Å². The zero-order chi connectivity index (χ0) is 9.40. The maximum atomic E-state index is 5.68. The predicted molar refractivity (Wildman–Crippen MR) is 50.2 cm³/mol. The highest BCUT2D eigenvalue weighted by atomic mass is 16.5. The van der Waals surface area contributed by atoms with Crippen LogP contribution >= 0.6 is 0 Å². The van der Waals surface area contributed by atoms with Crippen LogP contribution in [-0.4, -0.2) is 32.5 Å². The van der Waals surface area contributed by atoms with Crippen LogP contribution in [0.2, 0.25) is 0 Å². The van der Waals surface area contributed by atoms with Crippen molar-refractivity contribution in [3.05, 3.63) is 0 Å². The normalized spacial score (nSPS) is 16.0. The smallest absolute Gasteiger partial charge is 0.0643 e. The van der Waals surface area contributed by atoms with Gasteiger partial charge in [0.1, 0.15) is 0 Å². The molecule has 2 N–H and O–H groups in total. The van der Waals surface area contributed by atoms with Crippen LogP contribution in [-0.2, 0) is 9.47 Å². The van der Waals surface area contributed by atoms with Crippen molar-refractivity contribution in [1.29, 1.82) is 0 Å². The molecule has 3 heteroatoms. The Labute approximate surface area is 75.2 Å². The number of methoxy groups -OCH3 is 1. The number of ether oxygens (including phenoxy) is 2. The van der Waals surface area contributed by atoms with Gasteiger partial charge >= 0.3 is 0 Å². The first-order valence-electron chi connectivity index (χ1n) is 4.56. The van der Waals surface area contributed by atoms with Crippen LogP contribution in [0.1, 0.15) is 26.7 Å². The first-order chi connectivity index (χ1) is 5.70. The molecular weight excluding hydrogens is 154 g/mol. The summed E-state index contributed by atoms with van der Waals surface area (Å²) in [5, 5.41) is 0. The Morgan fingerprint density at radius 1 is 1.33 bits per heavy atom. The molecule has 0 aliphatic carbocycles. The molecule has 0 saturated carbocycles. The summed E-state index contributed by atoms with van der Waals surface area (Å²) in [6.45, 7) is 5.38. The van der Waals surface area contributed by atoms with Crippen molar-refractivity contribution in [3.63, 3.8) is 0 Å². The summed E-state index contributed by atoms with van der Waals surface area (Å²) < 4.78 is 10.4. The molecule has 0 amide bonds. The van der Waals surface area contributed by atoms with Gasteiger partial charge in [0.2, 0.25) is 0 Å². The monoisotopic (exact) mass is 175 g/mol. The summed E-state index contributed by atoms with van der Waals surface area (Å²) in [5.41, 5.74) is 5.68. The lowest BCUT2D eigenvalue weighted by molar-refractivity contribution is 0.0345. The van der Waals surface area contributed by atoms with E-state index < -0.39 is 0 Å². The molecule has 0 aliphatic heterocycles. The van der Waals surface area contributed by atoms with E-state index in [2.05, 4.69) is 13.8 Å². The fraction of sp³-hybridized carbons (Fsp3) is 1.00. The molecule has 12 heavy (non-hydrogen) atoms. The third kappa shape index (κ3) is 6.58. The Bertz CT molecular complexity index is 86.5. The van der Waals surface area contributed by atoms with Crippen molar-refractivity contribution in [2.75, 3.05) is 20.3 Å². The molecule has 0 aliphatic rings. The number of hydrogen-bond donors (Lipinski definition) is 1. The van der Waals surface area contributed by atoms with Crippen molar-refractivity contribution in [3.8, 4) is 0 Å². The number of hydrogen-bond acceptors (Lipinski definition) is 3. The minimum atomic E-state index is 0.00862. The second kappa shape index (κ2) is 7.53. The van der Waals surface area contributed by atoms with E-state index >= 15 is 0 Å². The van der Waals surface area contributed by atoms with Gasteiger partial charge in [-0.1, -0.05) is 13.3 Å². The summed E-state index contributed by atoms with van der Waals surface area (Å²) >= 11 is 0. The fourth-order valence-electron chi connectivity index (χ4n) is 1.04. The summed E-state index contributed by atoms with van der Waals surface area (Å²) in [6, 6.07) is 0.00862.